The van der Waals surface area contributed by atoms with E-state index >= 15 is 0 Å². The van der Waals surface area contributed by atoms with Crippen LogP contribution in [0.2, 0.25) is 0 Å². The lowest BCUT2D eigenvalue weighted by atomic mass is 9.61. The summed E-state index contributed by atoms with van der Waals surface area (Å²) in [5.41, 5.74) is -2.15. The quantitative estimate of drug-likeness (QED) is 0.225. The molecule has 3 aliphatic carbocycles. The molecule has 2 nitrogen and oxygen atoms in total. The molecule has 6 atom stereocenters. The van der Waals surface area contributed by atoms with E-state index < -0.39 is 24.1 Å². The second-order valence-corrected chi connectivity index (χ2v) is 11.2. The molecule has 0 bridgehead atoms. The molecule has 8 heteroatoms. The maximum Gasteiger partial charge on any atom is 0.438 e. The zero-order valence-electron chi connectivity index (χ0n) is 21.4. The van der Waals surface area contributed by atoms with E-state index in [1.807, 2.05) is 25.0 Å². The topological polar surface area (TPSA) is 40.5 Å². The van der Waals surface area contributed by atoms with Crippen molar-refractivity contribution < 1.29 is 36.6 Å². The van der Waals surface area contributed by atoms with Crippen molar-refractivity contribution in [3.05, 3.63) is 48.1 Å². The maximum absolute atomic E-state index is 12.9. The van der Waals surface area contributed by atoms with E-state index in [1.54, 1.807) is 0 Å². The number of halogens is 6. The van der Waals surface area contributed by atoms with E-state index in [0.29, 0.717) is 6.42 Å². The second kappa shape index (κ2) is 10.6. The van der Waals surface area contributed by atoms with Crippen LogP contribution in [-0.4, -0.2) is 34.3 Å². The zero-order valence-corrected chi connectivity index (χ0v) is 21.4. The molecule has 1 unspecified atom stereocenters. The fraction of sp³-hybridized carbons (Fsp3) is 0.655. The predicted molar refractivity (Wildman–Crippen MR) is 131 cm³/mol. The number of rotatable bonds is 4. The maximum atomic E-state index is 12.9. The highest BCUT2D eigenvalue weighted by molar-refractivity contribution is 5.39. The Bertz CT molecular complexity index is 994. The van der Waals surface area contributed by atoms with Crippen LogP contribution in [-0.2, 0) is 0 Å². The number of fused-ring (bicyclic) bond motifs is 1. The summed E-state index contributed by atoms with van der Waals surface area (Å²) in [7, 11) is 0. The predicted octanol–water partition coefficient (Wildman–Crippen LogP) is 7.45. The van der Waals surface area contributed by atoms with Crippen LogP contribution in [0.1, 0.15) is 65.2 Å². The first kappa shape index (κ1) is 29.6. The molecule has 0 heterocycles. The minimum absolute atomic E-state index is 0.0876. The summed E-state index contributed by atoms with van der Waals surface area (Å²) in [6.07, 6.45) is -0.733. The van der Waals surface area contributed by atoms with Gasteiger partial charge in [0.2, 0.25) is 0 Å². The van der Waals surface area contributed by atoms with Crippen molar-refractivity contribution in [1.29, 1.82) is 0 Å². The molecule has 0 aromatic heterocycles. The first-order valence-corrected chi connectivity index (χ1v) is 12.8. The van der Waals surface area contributed by atoms with Gasteiger partial charge in [-0.15, -0.1) is 6.58 Å². The average Bonchev–Trinajstić information content (AvgIpc) is 3.15. The van der Waals surface area contributed by atoms with Gasteiger partial charge >= 0.3 is 18.0 Å². The summed E-state index contributed by atoms with van der Waals surface area (Å²) in [6, 6.07) is 0. The van der Waals surface area contributed by atoms with Crippen molar-refractivity contribution in [2.75, 3.05) is 0 Å². The van der Waals surface area contributed by atoms with Gasteiger partial charge in [0.1, 0.15) is 0 Å². The summed E-state index contributed by atoms with van der Waals surface area (Å²) in [4.78, 5) is 0. The highest BCUT2D eigenvalue weighted by atomic mass is 19.4. The molecule has 3 fully saturated rings. The average molecular weight is 531 g/mol. The number of aliphatic hydroxyl groups is 2. The van der Waals surface area contributed by atoms with Gasteiger partial charge in [0.05, 0.1) is 6.10 Å². The van der Waals surface area contributed by atoms with E-state index in [4.69, 9.17) is 0 Å². The van der Waals surface area contributed by atoms with E-state index in [-0.39, 0.29) is 35.5 Å². The molecule has 3 saturated carbocycles. The van der Waals surface area contributed by atoms with Gasteiger partial charge in [0.25, 0.3) is 0 Å². The molecule has 0 spiro atoms. The van der Waals surface area contributed by atoms with Gasteiger partial charge in [-0.05, 0) is 91.1 Å². The summed E-state index contributed by atoms with van der Waals surface area (Å²) in [5, 5.41) is 19.6. The van der Waals surface area contributed by atoms with Gasteiger partial charge in [-0.2, -0.15) is 26.3 Å². The number of allylic oxidation sites excluding steroid dienone is 4. The van der Waals surface area contributed by atoms with Crippen LogP contribution < -0.4 is 0 Å². The molecular formula is C29H36F6O2. The van der Waals surface area contributed by atoms with Crippen molar-refractivity contribution in [3.63, 3.8) is 0 Å². The minimum Gasteiger partial charge on any atom is -0.388 e. The van der Waals surface area contributed by atoms with E-state index in [9.17, 15) is 36.6 Å². The number of hydrogen-bond donors (Lipinski definition) is 2. The molecule has 3 rings (SSSR count). The van der Waals surface area contributed by atoms with E-state index in [2.05, 4.69) is 26.2 Å². The third-order valence-corrected chi connectivity index (χ3v) is 8.89. The molecule has 3 aliphatic rings. The van der Waals surface area contributed by atoms with Gasteiger partial charge in [-0.3, -0.25) is 0 Å². The summed E-state index contributed by atoms with van der Waals surface area (Å²) >= 11 is 0. The fourth-order valence-electron chi connectivity index (χ4n) is 6.70. The molecule has 0 aromatic rings. The van der Waals surface area contributed by atoms with Gasteiger partial charge in [-0.25, -0.2) is 0 Å². The van der Waals surface area contributed by atoms with Crippen LogP contribution in [0.4, 0.5) is 26.3 Å². The Kier molecular flexibility index (Phi) is 8.51. The summed E-state index contributed by atoms with van der Waals surface area (Å²) in [5.74, 6) is 3.43. The van der Waals surface area contributed by atoms with Crippen molar-refractivity contribution in [3.8, 4) is 11.8 Å². The van der Waals surface area contributed by atoms with Gasteiger partial charge in [0.15, 0.2) is 0 Å². The Labute approximate surface area is 215 Å². The van der Waals surface area contributed by atoms with Crippen LogP contribution in [0.15, 0.2) is 48.1 Å². The molecule has 0 aromatic carbocycles. The largest absolute Gasteiger partial charge is 0.438 e. The second-order valence-electron chi connectivity index (χ2n) is 11.2. The zero-order chi connectivity index (χ0) is 27.8. The molecular weight excluding hydrogens is 494 g/mol. The minimum atomic E-state index is -5.94. The highest BCUT2D eigenvalue weighted by Crippen LogP contribution is 2.59. The Balaban J connectivity index is 1.78. The lowest BCUT2D eigenvalue weighted by molar-refractivity contribution is -0.343. The lowest BCUT2D eigenvalue weighted by Crippen LogP contribution is -2.55. The Morgan fingerprint density at radius 3 is 2.38 bits per heavy atom. The molecule has 37 heavy (non-hydrogen) atoms. The Morgan fingerprint density at radius 2 is 1.78 bits per heavy atom. The van der Waals surface area contributed by atoms with Crippen LogP contribution >= 0.6 is 0 Å². The Morgan fingerprint density at radius 1 is 1.14 bits per heavy atom. The lowest BCUT2D eigenvalue weighted by Gasteiger charge is -2.44. The van der Waals surface area contributed by atoms with Crippen molar-refractivity contribution >= 4 is 0 Å². The van der Waals surface area contributed by atoms with Gasteiger partial charge < -0.3 is 10.2 Å². The van der Waals surface area contributed by atoms with Crippen molar-refractivity contribution in [2.45, 2.75) is 89.3 Å². The highest BCUT2D eigenvalue weighted by Gasteiger charge is 2.70. The van der Waals surface area contributed by atoms with E-state index in [0.717, 1.165) is 55.6 Å². The van der Waals surface area contributed by atoms with Crippen LogP contribution in [0.5, 0.6) is 0 Å². The van der Waals surface area contributed by atoms with Crippen LogP contribution in [0.25, 0.3) is 0 Å². The molecule has 0 aliphatic heterocycles. The molecule has 2 N–H and O–H groups in total. The normalized spacial score (nSPS) is 34.2. The number of alkyl halides is 6. The Hall–Kier alpha value is -1.98. The third kappa shape index (κ3) is 5.73. The first-order chi connectivity index (χ1) is 17.0. The molecule has 0 amide bonds. The summed E-state index contributed by atoms with van der Waals surface area (Å²) < 4.78 is 77.6. The monoisotopic (exact) mass is 530 g/mol. The van der Waals surface area contributed by atoms with Gasteiger partial charge in [-0.1, -0.05) is 50.1 Å². The molecule has 206 valence electrons. The number of hydrogen-bond acceptors (Lipinski definition) is 2. The van der Waals surface area contributed by atoms with Gasteiger partial charge in [0, 0.05) is 6.42 Å². The van der Waals surface area contributed by atoms with Crippen molar-refractivity contribution in [2.24, 2.45) is 29.1 Å². The van der Waals surface area contributed by atoms with E-state index in [1.165, 1.54) is 5.57 Å². The third-order valence-electron chi connectivity index (χ3n) is 8.89. The molecule has 0 radical (unpaired) electrons. The first-order valence-electron chi connectivity index (χ1n) is 12.8. The van der Waals surface area contributed by atoms with Crippen LogP contribution in [0.3, 0.4) is 0 Å². The smallest absolute Gasteiger partial charge is 0.388 e. The standard InChI is InChI=1S/C29H36F6O2/c1-5-20-16-22(19(3)25(36)17-20)11-10-21-9-7-14-26(4)23(12-13-24(21)26)18(2)8-6-15-27(37,28(30,31)32)29(33,34)35/h5,10-11,18,20,23-25,36-37H,1,3,7-9,12-14,16-17H2,2,4H3/b21-10+,22-11-/t18-,20+,23+,24?,25-,26+/m0/s1. The summed E-state index contributed by atoms with van der Waals surface area (Å²) in [6.45, 7) is 11.9. The SMILES string of the molecule is C=C[C@@H]1C/C(=C/C=C2\CCC[C@@]3(C)C2CC[C@@H]3[C@@H](C)CC#CC(O)(C(F)(F)F)C(F)(F)F)C(=C)[C@@H](O)C1. The molecule has 0 saturated heterocycles. The number of aliphatic hydroxyl groups excluding tert-OH is 1. The van der Waals surface area contributed by atoms with Crippen molar-refractivity contribution in [1.82, 2.24) is 0 Å². The van der Waals surface area contributed by atoms with Crippen LogP contribution in [0, 0.1) is 40.9 Å². The fourth-order valence-corrected chi connectivity index (χ4v) is 6.70.